The summed E-state index contributed by atoms with van der Waals surface area (Å²) >= 11 is 13.7. The van der Waals surface area contributed by atoms with Crippen LogP contribution in [0.25, 0.3) is 22.6 Å². The summed E-state index contributed by atoms with van der Waals surface area (Å²) in [5, 5.41) is 13.8. The van der Waals surface area contributed by atoms with E-state index in [9.17, 15) is 86.6 Å². The molecule has 86 heavy (non-hydrogen) atoms. The maximum atomic E-state index is 14.9. The van der Waals surface area contributed by atoms with Crippen LogP contribution >= 0.6 is 23.2 Å². The molecule has 0 spiro atoms. The monoisotopic (exact) mass is 1350 g/mol. The summed E-state index contributed by atoms with van der Waals surface area (Å²) in [7, 11) is -30.8. The Balaban J connectivity index is 1.03. The minimum atomic E-state index is -5.38. The molecule has 0 amide bonds. The lowest BCUT2D eigenvalue weighted by atomic mass is 10.1. The molecule has 2 unspecified atom stereocenters. The maximum Gasteiger partial charge on any atom is 0.315 e. The molecule has 4 heterocycles. The Hall–Kier alpha value is -7.98. The van der Waals surface area contributed by atoms with Crippen LogP contribution in [-0.2, 0) is 60.7 Å². The van der Waals surface area contributed by atoms with Gasteiger partial charge >= 0.3 is 22.3 Å². The van der Waals surface area contributed by atoms with Gasteiger partial charge in [-0.2, -0.15) is 89.2 Å². The zero-order valence-electron chi connectivity index (χ0n) is 42.3. The van der Waals surface area contributed by atoms with Gasteiger partial charge in [0.1, 0.15) is 42.9 Å². The van der Waals surface area contributed by atoms with Crippen LogP contribution in [-0.4, -0.2) is 125 Å². The molecule has 2 aromatic heterocycles. The van der Waals surface area contributed by atoms with Gasteiger partial charge in [0.05, 0.1) is 44.1 Å². The quantitative estimate of drug-likeness (QED) is 0.0262. The highest BCUT2D eigenvalue weighted by molar-refractivity contribution is 7.87. The first-order valence-corrected chi connectivity index (χ1v) is 32.5. The van der Waals surface area contributed by atoms with Crippen molar-refractivity contribution in [2.75, 3.05) is 31.9 Å². The van der Waals surface area contributed by atoms with Gasteiger partial charge in [0.2, 0.25) is 23.8 Å². The van der Waals surface area contributed by atoms with Gasteiger partial charge in [-0.05, 0) is 73.5 Å². The summed E-state index contributed by atoms with van der Waals surface area (Å²) < 4.78 is 250. The minimum absolute atomic E-state index is 0.0265. The third kappa shape index (κ3) is 13.2. The molecular formula is C42H34Cl2F2N14O20S6. The van der Waals surface area contributed by atoms with Crippen molar-refractivity contribution in [2.45, 2.75) is 68.4 Å². The molecule has 0 radical (unpaired) electrons. The predicted octanol–water partition coefficient (Wildman–Crippen LogP) is 5.71. The van der Waals surface area contributed by atoms with E-state index in [1.807, 2.05) is 0 Å². The SMILES string of the molecule is CCC(N=c1ccc2nc3c(Cl)c4c(c(Cl)c3oc-2c1S(=O)(=O)O)Nc1ccc(NC(CC)Nc2nc(F)nc(Nc3cc(S(=O)(=O)O)ccc3S(=O)(=O)O)n2)c(S(=O)(=O)O)c1O4)Nc1nc(F)nc(Nc2cc(S(=O)(=O)O)ccc2S(=O)(=O)O)n1. The molecule has 6 aromatic rings. The lowest BCUT2D eigenvalue weighted by molar-refractivity contribution is 0.449. The van der Waals surface area contributed by atoms with Crippen LogP contribution in [0.2, 0.25) is 10.0 Å². The Morgan fingerprint density at radius 3 is 1.57 bits per heavy atom. The van der Waals surface area contributed by atoms with Gasteiger partial charge in [0, 0.05) is 0 Å². The third-order valence-corrected chi connectivity index (χ3v) is 17.7. The average Bonchev–Trinajstić information content (AvgIpc) is 0.746. The number of nitrogens with one attached hydrogen (secondary N) is 6. The Labute approximate surface area is 491 Å². The molecule has 0 saturated carbocycles. The second-order valence-electron chi connectivity index (χ2n) is 17.4. The van der Waals surface area contributed by atoms with Crippen molar-refractivity contribution in [3.05, 3.63) is 88.2 Å². The third-order valence-electron chi connectivity index (χ3n) is 11.6. The van der Waals surface area contributed by atoms with E-state index in [0.29, 0.717) is 36.4 Å². The zero-order valence-corrected chi connectivity index (χ0v) is 48.7. The number of hydrogen-bond acceptors (Lipinski definition) is 28. The van der Waals surface area contributed by atoms with Crippen LogP contribution in [0.4, 0.5) is 61.0 Å². The fourth-order valence-electron chi connectivity index (χ4n) is 8.00. The fourth-order valence-corrected chi connectivity index (χ4v) is 12.3. The first kappa shape index (κ1) is 62.5. The number of hydrogen-bond donors (Lipinski definition) is 12. The highest BCUT2D eigenvalue weighted by Gasteiger charge is 2.36. The second kappa shape index (κ2) is 22.7. The molecule has 44 heteroatoms. The van der Waals surface area contributed by atoms with Crippen molar-refractivity contribution in [1.29, 1.82) is 0 Å². The zero-order chi connectivity index (χ0) is 63.0. The number of aromatic nitrogens is 7. The van der Waals surface area contributed by atoms with E-state index < -0.39 is 194 Å². The van der Waals surface area contributed by atoms with E-state index in [4.69, 9.17) is 32.4 Å². The normalized spacial score (nSPS) is 13.9. The lowest BCUT2D eigenvalue weighted by Crippen LogP contribution is -2.30. The van der Waals surface area contributed by atoms with Crippen LogP contribution in [0.3, 0.4) is 0 Å². The van der Waals surface area contributed by atoms with Crippen LogP contribution in [0.5, 0.6) is 11.5 Å². The molecule has 0 saturated heterocycles. The standard InChI is InChI=1S/C42H34Cl2F2N14O20S6/c1-3-25(53-41-57-37(45)55-39(59-41)51-21-13-15(81(61,62)63)5-11-23(21)83(67,68)69)47-19-9-7-17-31(35(19)85(73,74)75)79-33-27(43)30-34(28(44)29(33)49-17)80-32-18(50-30)8-10-20(36(32)86(76,77)78)48-26(4-2)54-42-58-38(46)56-40(60-42)52-22-14-16(82(64,65)66)6-12-24(22)84(70,71)72/h5-14,25-26,47,49H,3-4H2,1-2H3,(H,61,62,63)(H,64,65,66)(H,67,68,69)(H,70,71,72)(H,73,74,75)(H,76,77,78)(H2,51,53,55,57,59)(H2,52,54,56,58,60). The summed E-state index contributed by atoms with van der Waals surface area (Å²) in [6.45, 7) is 3.02. The van der Waals surface area contributed by atoms with Gasteiger partial charge in [-0.1, -0.05) is 37.0 Å². The van der Waals surface area contributed by atoms with Crippen molar-refractivity contribution in [1.82, 2.24) is 34.9 Å². The Bertz CT molecular complexity index is 4950. The van der Waals surface area contributed by atoms with Crippen LogP contribution < -0.4 is 42.0 Å². The summed E-state index contributed by atoms with van der Waals surface area (Å²) in [4.78, 5) is 24.7. The summed E-state index contributed by atoms with van der Waals surface area (Å²) in [6, 6.07) is 8.17. The van der Waals surface area contributed by atoms with Gasteiger partial charge in [-0.25, -0.2) is 4.98 Å². The number of nitrogens with zero attached hydrogens (tertiary/aromatic N) is 8. The number of halogens is 4. The molecule has 3 aliphatic rings. The molecule has 1 aliphatic carbocycles. The van der Waals surface area contributed by atoms with E-state index in [2.05, 4.69) is 71.8 Å². The van der Waals surface area contributed by atoms with Crippen LogP contribution in [0.1, 0.15) is 26.7 Å². The molecular weight excluding hydrogens is 1320 g/mol. The van der Waals surface area contributed by atoms with Gasteiger partial charge in [-0.15, -0.1) is 0 Å². The number of fused-ring (bicyclic) bond motifs is 4. The minimum Gasteiger partial charge on any atom is -0.450 e. The first-order chi connectivity index (χ1) is 39.9. The van der Waals surface area contributed by atoms with Gasteiger partial charge < -0.3 is 41.1 Å². The smallest absolute Gasteiger partial charge is 0.315 e. The average molecular weight is 1360 g/mol. The second-order valence-corrected chi connectivity index (χ2v) is 26.5. The number of ether oxygens (including phenoxy) is 1. The molecule has 456 valence electrons. The number of benzene rings is 5. The van der Waals surface area contributed by atoms with E-state index in [1.165, 1.54) is 19.9 Å². The van der Waals surface area contributed by atoms with E-state index in [-0.39, 0.29) is 35.4 Å². The van der Waals surface area contributed by atoms with Crippen molar-refractivity contribution < 1.29 is 95.8 Å². The molecule has 12 N–H and O–H groups in total. The summed E-state index contributed by atoms with van der Waals surface area (Å²) in [6.07, 6.45) is -5.68. The lowest BCUT2D eigenvalue weighted by Gasteiger charge is -2.28. The topological polar surface area (TPSA) is 523 Å². The number of rotatable bonds is 19. The highest BCUT2D eigenvalue weighted by Crippen LogP contribution is 2.55. The predicted molar refractivity (Wildman–Crippen MR) is 293 cm³/mol. The molecule has 4 aromatic carbocycles. The van der Waals surface area contributed by atoms with Crippen molar-refractivity contribution in [3.8, 4) is 23.0 Å². The Kier molecular flexibility index (Phi) is 16.5. The Morgan fingerprint density at radius 2 is 1.08 bits per heavy atom. The Morgan fingerprint density at radius 1 is 0.558 bits per heavy atom. The molecule has 34 nitrogen and oxygen atoms in total. The maximum absolute atomic E-state index is 14.9. The highest BCUT2D eigenvalue weighted by atomic mass is 35.5. The van der Waals surface area contributed by atoms with E-state index in [1.54, 1.807) is 0 Å². The van der Waals surface area contributed by atoms with Crippen molar-refractivity contribution in [2.24, 2.45) is 4.99 Å². The summed E-state index contributed by atoms with van der Waals surface area (Å²) in [5.41, 5.74) is -3.53. The van der Waals surface area contributed by atoms with Gasteiger partial charge in [-0.3, -0.25) is 32.3 Å². The molecule has 2 aliphatic heterocycles. The van der Waals surface area contributed by atoms with Crippen LogP contribution in [0.15, 0.2) is 99.4 Å². The molecule has 0 bridgehead atoms. The summed E-state index contributed by atoms with van der Waals surface area (Å²) in [5.74, 6) is -4.60. The van der Waals surface area contributed by atoms with Crippen molar-refractivity contribution >= 4 is 147 Å². The first-order valence-electron chi connectivity index (χ1n) is 23.1. The van der Waals surface area contributed by atoms with E-state index >= 15 is 0 Å². The fraction of sp³-hybridized carbons (Fsp3) is 0.143. The van der Waals surface area contributed by atoms with Gasteiger partial charge in [0.15, 0.2) is 32.6 Å². The number of anilines is 9. The van der Waals surface area contributed by atoms with Crippen molar-refractivity contribution in [3.63, 3.8) is 0 Å². The van der Waals surface area contributed by atoms with Gasteiger partial charge in [0.25, 0.3) is 50.6 Å². The molecule has 2 atom stereocenters. The van der Waals surface area contributed by atoms with Crippen LogP contribution in [0, 0.1) is 12.2 Å². The molecule has 0 fully saturated rings. The van der Waals surface area contributed by atoms with E-state index in [0.717, 1.165) is 18.2 Å². The largest absolute Gasteiger partial charge is 0.450 e. The molecule has 9 rings (SSSR count).